The number of aliphatic hydroxyl groups is 2. The summed E-state index contributed by atoms with van der Waals surface area (Å²) < 4.78 is 0. The Morgan fingerprint density at radius 3 is 2.18 bits per heavy atom. The third kappa shape index (κ3) is 3.70. The zero-order chi connectivity index (χ0) is 13.0. The SMILES string of the molecule is O=C(Nc1ccc(Cl)cc1)[C@@H](O)[C@@H](O)C(=O)[O-]. The summed E-state index contributed by atoms with van der Waals surface area (Å²) in [5, 5.41) is 30.9. The summed E-state index contributed by atoms with van der Waals surface area (Å²) in [6.07, 6.45) is -4.38. The number of halogens is 1. The van der Waals surface area contributed by atoms with Crippen molar-refractivity contribution in [2.75, 3.05) is 5.32 Å². The predicted octanol–water partition coefficient (Wildman–Crippen LogP) is -1.25. The van der Waals surface area contributed by atoms with Gasteiger partial charge < -0.3 is 25.4 Å². The van der Waals surface area contributed by atoms with Gasteiger partial charge in [-0.3, -0.25) is 4.79 Å². The highest BCUT2D eigenvalue weighted by atomic mass is 35.5. The number of hydrogen-bond donors (Lipinski definition) is 3. The van der Waals surface area contributed by atoms with Crippen LogP contribution in [0.3, 0.4) is 0 Å². The molecule has 1 amide bonds. The molecule has 1 aromatic carbocycles. The molecule has 0 unspecified atom stereocenters. The minimum absolute atomic E-state index is 0.309. The summed E-state index contributed by atoms with van der Waals surface area (Å²) in [5.74, 6) is -2.98. The fourth-order valence-electron chi connectivity index (χ4n) is 1.02. The van der Waals surface area contributed by atoms with Crippen molar-refractivity contribution in [1.82, 2.24) is 0 Å². The fraction of sp³-hybridized carbons (Fsp3) is 0.200. The van der Waals surface area contributed by atoms with Crippen LogP contribution in [0.2, 0.25) is 5.02 Å². The lowest BCUT2D eigenvalue weighted by atomic mass is 10.2. The van der Waals surface area contributed by atoms with Gasteiger partial charge in [0.2, 0.25) is 0 Å². The molecule has 0 aliphatic carbocycles. The largest absolute Gasteiger partial charge is 0.547 e. The van der Waals surface area contributed by atoms with Crippen molar-refractivity contribution >= 4 is 29.2 Å². The van der Waals surface area contributed by atoms with Gasteiger partial charge in [0.15, 0.2) is 6.10 Å². The van der Waals surface area contributed by atoms with Crippen molar-refractivity contribution in [3.8, 4) is 0 Å². The van der Waals surface area contributed by atoms with E-state index < -0.39 is 24.1 Å². The zero-order valence-corrected chi connectivity index (χ0v) is 9.22. The number of carboxylic acids is 1. The van der Waals surface area contributed by atoms with Gasteiger partial charge in [-0.25, -0.2) is 0 Å². The number of aliphatic carboxylic acids is 1. The molecule has 0 radical (unpaired) electrons. The minimum Gasteiger partial charge on any atom is -0.547 e. The maximum atomic E-state index is 11.3. The molecule has 92 valence electrons. The molecular formula is C10H9ClNO5-. The molecule has 0 saturated carbocycles. The molecule has 17 heavy (non-hydrogen) atoms. The van der Waals surface area contributed by atoms with Gasteiger partial charge in [0.05, 0.1) is 5.97 Å². The highest BCUT2D eigenvalue weighted by Crippen LogP contribution is 2.13. The normalized spacial score (nSPS) is 13.8. The Kier molecular flexibility index (Phi) is 4.45. The summed E-state index contributed by atoms with van der Waals surface area (Å²) in [7, 11) is 0. The lowest BCUT2D eigenvalue weighted by Crippen LogP contribution is -2.48. The number of aliphatic hydroxyl groups excluding tert-OH is 2. The number of carbonyl (C=O) groups excluding carboxylic acids is 2. The first-order valence-electron chi connectivity index (χ1n) is 4.55. The number of rotatable bonds is 4. The quantitative estimate of drug-likeness (QED) is 0.625. The molecule has 0 bridgehead atoms. The second-order valence-electron chi connectivity index (χ2n) is 3.20. The monoisotopic (exact) mass is 258 g/mol. The second kappa shape index (κ2) is 5.62. The van der Waals surface area contributed by atoms with Gasteiger partial charge in [-0.05, 0) is 24.3 Å². The van der Waals surface area contributed by atoms with Gasteiger partial charge in [0.25, 0.3) is 5.91 Å². The Morgan fingerprint density at radius 2 is 1.71 bits per heavy atom. The number of amides is 1. The van der Waals surface area contributed by atoms with Crippen LogP contribution >= 0.6 is 11.6 Å². The molecule has 1 aromatic rings. The first-order valence-corrected chi connectivity index (χ1v) is 4.93. The molecule has 0 saturated heterocycles. The van der Waals surface area contributed by atoms with Gasteiger partial charge in [0, 0.05) is 10.7 Å². The topological polar surface area (TPSA) is 110 Å². The van der Waals surface area contributed by atoms with Crippen LogP contribution in [0.1, 0.15) is 0 Å². The highest BCUT2D eigenvalue weighted by molar-refractivity contribution is 6.30. The van der Waals surface area contributed by atoms with Crippen LogP contribution in [-0.4, -0.2) is 34.3 Å². The van der Waals surface area contributed by atoms with Crippen LogP contribution < -0.4 is 10.4 Å². The van der Waals surface area contributed by atoms with Crippen molar-refractivity contribution in [1.29, 1.82) is 0 Å². The number of nitrogens with one attached hydrogen (secondary N) is 1. The van der Waals surface area contributed by atoms with Gasteiger partial charge in [-0.2, -0.15) is 0 Å². The molecule has 6 nitrogen and oxygen atoms in total. The van der Waals surface area contributed by atoms with Crippen LogP contribution in [0.25, 0.3) is 0 Å². The van der Waals surface area contributed by atoms with E-state index in [4.69, 9.17) is 21.8 Å². The number of carbonyl (C=O) groups is 2. The Bertz CT molecular complexity index is 419. The van der Waals surface area contributed by atoms with E-state index in [0.29, 0.717) is 10.7 Å². The average molecular weight is 259 g/mol. The molecule has 0 aliphatic rings. The summed E-state index contributed by atoms with van der Waals surface area (Å²) in [6, 6.07) is 5.91. The molecule has 3 N–H and O–H groups in total. The Hall–Kier alpha value is -1.63. The Balaban J connectivity index is 2.66. The van der Waals surface area contributed by atoms with Crippen LogP contribution in [0, 0.1) is 0 Å². The van der Waals surface area contributed by atoms with Gasteiger partial charge in [-0.15, -0.1) is 0 Å². The Labute approximate surface area is 101 Å². The van der Waals surface area contributed by atoms with E-state index in [-0.39, 0.29) is 0 Å². The maximum absolute atomic E-state index is 11.3. The van der Waals surface area contributed by atoms with Gasteiger partial charge >= 0.3 is 0 Å². The average Bonchev–Trinajstić information content (AvgIpc) is 2.30. The first-order chi connectivity index (χ1) is 7.91. The lowest BCUT2D eigenvalue weighted by Gasteiger charge is -2.17. The first kappa shape index (κ1) is 13.4. The van der Waals surface area contributed by atoms with Crippen molar-refractivity contribution in [3.05, 3.63) is 29.3 Å². The van der Waals surface area contributed by atoms with Crippen LogP contribution in [-0.2, 0) is 9.59 Å². The fourth-order valence-corrected chi connectivity index (χ4v) is 1.15. The number of hydrogen-bond acceptors (Lipinski definition) is 5. The molecular weight excluding hydrogens is 250 g/mol. The van der Waals surface area contributed by atoms with E-state index >= 15 is 0 Å². The smallest absolute Gasteiger partial charge is 0.256 e. The molecule has 0 aliphatic heterocycles. The van der Waals surface area contributed by atoms with E-state index in [0.717, 1.165) is 0 Å². The van der Waals surface area contributed by atoms with E-state index in [9.17, 15) is 14.7 Å². The number of benzene rings is 1. The van der Waals surface area contributed by atoms with Gasteiger partial charge in [-0.1, -0.05) is 11.6 Å². The maximum Gasteiger partial charge on any atom is 0.256 e. The molecule has 1 rings (SSSR count). The van der Waals surface area contributed by atoms with E-state index in [2.05, 4.69) is 5.32 Å². The number of anilines is 1. The molecule has 0 spiro atoms. The van der Waals surface area contributed by atoms with E-state index in [1.807, 2.05) is 0 Å². The van der Waals surface area contributed by atoms with Crippen molar-refractivity contribution < 1.29 is 24.9 Å². The summed E-state index contributed by atoms with van der Waals surface area (Å²) in [5.41, 5.74) is 0.309. The molecule has 0 heterocycles. The van der Waals surface area contributed by atoms with Crippen LogP contribution in [0.15, 0.2) is 24.3 Å². The third-order valence-electron chi connectivity index (χ3n) is 1.92. The van der Waals surface area contributed by atoms with Crippen molar-refractivity contribution in [2.45, 2.75) is 12.2 Å². The predicted molar refractivity (Wildman–Crippen MR) is 57.1 cm³/mol. The van der Waals surface area contributed by atoms with Crippen molar-refractivity contribution in [3.63, 3.8) is 0 Å². The molecule has 2 atom stereocenters. The van der Waals surface area contributed by atoms with E-state index in [1.165, 1.54) is 24.3 Å². The number of carboxylic acid groups (broad SMARTS) is 1. The zero-order valence-electron chi connectivity index (χ0n) is 8.46. The van der Waals surface area contributed by atoms with Crippen LogP contribution in [0.4, 0.5) is 5.69 Å². The second-order valence-corrected chi connectivity index (χ2v) is 3.64. The highest BCUT2D eigenvalue weighted by Gasteiger charge is 2.25. The summed E-state index contributed by atoms with van der Waals surface area (Å²) in [6.45, 7) is 0. The van der Waals surface area contributed by atoms with E-state index in [1.54, 1.807) is 0 Å². The lowest BCUT2D eigenvalue weighted by molar-refractivity contribution is -0.317. The molecule has 7 heteroatoms. The molecule has 0 fully saturated rings. The van der Waals surface area contributed by atoms with Gasteiger partial charge in [0.1, 0.15) is 6.10 Å². The summed E-state index contributed by atoms with van der Waals surface area (Å²) in [4.78, 5) is 21.5. The van der Waals surface area contributed by atoms with Crippen LogP contribution in [0.5, 0.6) is 0 Å². The minimum atomic E-state index is -2.28. The third-order valence-corrected chi connectivity index (χ3v) is 2.17. The van der Waals surface area contributed by atoms with Crippen molar-refractivity contribution in [2.24, 2.45) is 0 Å². The Morgan fingerprint density at radius 1 is 1.18 bits per heavy atom. The summed E-state index contributed by atoms with van der Waals surface area (Å²) >= 11 is 5.61. The standard InChI is InChI=1S/C10H10ClNO5/c11-5-1-3-6(4-2-5)12-9(15)7(13)8(14)10(16)17/h1-4,7-8,13-14H,(H,12,15)(H,16,17)/p-1/t7-,8+/m0/s1. The molecule has 0 aromatic heterocycles.